The van der Waals surface area contributed by atoms with Crippen molar-refractivity contribution in [1.29, 1.82) is 0 Å². The van der Waals surface area contributed by atoms with Gasteiger partial charge in [-0.15, -0.1) is 0 Å². The van der Waals surface area contributed by atoms with Crippen LogP contribution >= 0.6 is 0 Å². The molecule has 0 saturated carbocycles. The maximum Gasteiger partial charge on any atom is 0.321 e. The fourth-order valence-corrected chi connectivity index (χ4v) is 13.6. The van der Waals surface area contributed by atoms with E-state index in [9.17, 15) is 136 Å². The van der Waals surface area contributed by atoms with E-state index >= 15 is 0 Å². The fraction of sp³-hybridized carbons (Fsp3) is 0.900. The number of carbonyl (C=O) groups is 6. The Kier molecular flexibility index (Phi) is 32.1. The number of nitrogens with two attached hydrogens (primary N) is 1. The number of carbonyl (C=O) groups excluding carboxylic acids is 5. The molecule has 0 aromatic rings. The molecule has 8 fully saturated rings. The first-order valence-electron chi connectivity index (χ1n) is 34.3. The number of hydrogen-bond donors (Lipinski definition) is 27. The molecular weight excluding hydrogens is 1480 g/mol. The van der Waals surface area contributed by atoms with Crippen LogP contribution in [0.4, 0.5) is 0 Å². The van der Waals surface area contributed by atoms with Gasteiger partial charge in [0.1, 0.15) is 195 Å². The van der Waals surface area contributed by atoms with E-state index in [2.05, 4.69) is 26.6 Å². The first-order valence-corrected chi connectivity index (χ1v) is 34.3. The Morgan fingerprint density at radius 2 is 0.694 bits per heavy atom. The number of amides is 5. The average molecular weight is 1580 g/mol. The Morgan fingerprint density at radius 1 is 0.333 bits per heavy atom. The lowest BCUT2D eigenvalue weighted by Gasteiger charge is -2.52. The van der Waals surface area contributed by atoms with E-state index in [1.54, 1.807) is 0 Å². The number of ether oxygens (including phenoxy) is 15. The van der Waals surface area contributed by atoms with Gasteiger partial charge >= 0.3 is 5.97 Å². The minimum Gasteiger partial charge on any atom is -0.480 e. The zero-order valence-electron chi connectivity index (χ0n) is 58.4. The highest BCUT2D eigenvalue weighted by Gasteiger charge is 2.60. The van der Waals surface area contributed by atoms with Gasteiger partial charge in [0.05, 0.1) is 58.8 Å². The molecule has 8 saturated heterocycles. The van der Waals surface area contributed by atoms with Gasteiger partial charge in [0.25, 0.3) is 0 Å². The second kappa shape index (κ2) is 38.9. The number of aliphatic carboxylic acids is 1. The number of aliphatic hydroxyl groups excluding tert-OH is 20. The molecule has 48 nitrogen and oxygen atoms in total. The van der Waals surface area contributed by atoms with E-state index in [1.165, 1.54) is 6.92 Å². The number of carboxylic acid groups (broad SMARTS) is 1. The summed E-state index contributed by atoms with van der Waals surface area (Å²) in [7, 11) is 0. The van der Waals surface area contributed by atoms with Crippen LogP contribution in [0.5, 0.6) is 0 Å². The van der Waals surface area contributed by atoms with Crippen molar-refractivity contribution in [3.8, 4) is 0 Å². The van der Waals surface area contributed by atoms with Crippen molar-refractivity contribution in [2.75, 3.05) is 46.2 Å². The molecule has 8 heterocycles. The highest BCUT2D eigenvalue weighted by molar-refractivity contribution is 5.84. The highest BCUT2D eigenvalue weighted by Crippen LogP contribution is 2.39. The Morgan fingerprint density at radius 3 is 1.16 bits per heavy atom. The van der Waals surface area contributed by atoms with Crippen LogP contribution in [-0.2, 0) is 99.8 Å². The van der Waals surface area contributed by atoms with Gasteiger partial charge in [-0.3, -0.25) is 28.8 Å². The number of nitrogens with one attached hydrogen (secondary N) is 5. The molecular formula is C60H100N6O42. The van der Waals surface area contributed by atoms with Crippen molar-refractivity contribution in [1.82, 2.24) is 26.6 Å². The van der Waals surface area contributed by atoms with E-state index in [1.807, 2.05) is 0 Å². The fourth-order valence-electron chi connectivity index (χ4n) is 13.6. The van der Waals surface area contributed by atoms with E-state index in [0.717, 1.165) is 27.7 Å². The summed E-state index contributed by atoms with van der Waals surface area (Å²) in [5.41, 5.74) is 5.61. The zero-order chi connectivity index (χ0) is 79.9. The summed E-state index contributed by atoms with van der Waals surface area (Å²) in [6.07, 6.45) is -74.8. The molecule has 48 heteroatoms. The maximum absolute atomic E-state index is 13.4. The third-order valence-corrected chi connectivity index (χ3v) is 19.3. The van der Waals surface area contributed by atoms with Gasteiger partial charge < -0.3 is 211 Å². The molecule has 0 aromatic carbocycles. The predicted molar refractivity (Wildman–Crippen MR) is 336 cm³/mol. The third kappa shape index (κ3) is 20.3. The summed E-state index contributed by atoms with van der Waals surface area (Å²) in [4.78, 5) is 76.3. The molecule has 28 N–H and O–H groups in total. The van der Waals surface area contributed by atoms with E-state index in [-0.39, 0.29) is 0 Å². The topological polar surface area (TPSA) is 752 Å². The quantitative estimate of drug-likeness (QED) is 0.0331. The van der Waals surface area contributed by atoms with Gasteiger partial charge in [0, 0.05) is 27.7 Å². The zero-order valence-corrected chi connectivity index (χ0v) is 58.4. The standard InChI is InChI=1S/C60H100N6O42/c1-14-32(78)41(87)44(90)57(95-14)105-48-31(65-18(5)76)52(66-27(77)6-19(61)53(92)93)96-25(12-72)47(48)104-56-30(64-17(4)75)40(86)46(24(11-71)101-56)103-58-45(91)49(106-60-51(43(89)36(82)23(10-70)100-60)108-55-29(63-16(3)74)39(85)34(80)21(8-68)98-55)37(83)26(102-58)13-94-59-50(42(88)35(81)22(9-69)99-59)107-54-28(62-15(2)73)38(84)33(79)20(7-67)97-54/h14,19-26,28-52,54-60,67-72,78-91H,6-13,61H2,1-5H3,(H,62,73)(H,63,74)(H,64,75)(H,65,76)(H,66,77)(H,92,93)/t14-,19-,20+,21+,22+,23+,24+,25+,26+,28+,29+,30+,31+,32+,33+,34+,35+,36+,37+,38+,39+,40+,41+,42-,43-,44-,45-,46+,47+,48+,49-,50-,51-,52+,54-,55-,56-,57-,58-,59-,60+/m0/s1. The normalized spacial score (nSPS) is 46.2. The minimum atomic E-state index is -2.56. The van der Waals surface area contributed by atoms with Gasteiger partial charge in [-0.25, -0.2) is 0 Å². The van der Waals surface area contributed by atoms with Crippen LogP contribution in [0.1, 0.15) is 41.0 Å². The smallest absolute Gasteiger partial charge is 0.321 e. The van der Waals surface area contributed by atoms with Crippen LogP contribution in [0.2, 0.25) is 0 Å². The molecule has 8 aliphatic rings. The molecule has 0 radical (unpaired) electrons. The summed E-state index contributed by atoms with van der Waals surface area (Å²) in [6.45, 7) is -2.66. The van der Waals surface area contributed by atoms with Gasteiger partial charge in [-0.1, -0.05) is 0 Å². The molecule has 108 heavy (non-hydrogen) atoms. The van der Waals surface area contributed by atoms with Gasteiger partial charge in [0.2, 0.25) is 29.5 Å². The van der Waals surface area contributed by atoms with Crippen molar-refractivity contribution in [3.05, 3.63) is 0 Å². The summed E-state index contributed by atoms with van der Waals surface area (Å²) < 4.78 is 90.3. The largest absolute Gasteiger partial charge is 0.480 e. The van der Waals surface area contributed by atoms with Gasteiger partial charge in [-0.05, 0) is 6.92 Å². The van der Waals surface area contributed by atoms with E-state index < -0.39 is 340 Å². The second-order valence-corrected chi connectivity index (χ2v) is 27.1. The minimum absolute atomic E-state index is 0.839. The number of rotatable bonds is 29. The second-order valence-electron chi connectivity index (χ2n) is 27.1. The lowest BCUT2D eigenvalue weighted by molar-refractivity contribution is -0.396. The Hall–Kier alpha value is -4.62. The predicted octanol–water partition coefficient (Wildman–Crippen LogP) is -17.9. The first-order chi connectivity index (χ1) is 50.9. The number of carboxylic acids is 1. The molecule has 0 unspecified atom stereocenters. The van der Waals surface area contributed by atoms with Crippen LogP contribution in [-0.4, -0.2) is 440 Å². The molecule has 5 amide bonds. The molecule has 41 atom stereocenters. The monoisotopic (exact) mass is 1580 g/mol. The Labute approximate surface area is 612 Å². The van der Waals surface area contributed by atoms with Crippen molar-refractivity contribution >= 4 is 35.5 Å². The number of hydrogen-bond acceptors (Lipinski definition) is 42. The van der Waals surface area contributed by atoms with E-state index in [4.69, 9.17) is 76.8 Å². The molecule has 0 aliphatic carbocycles. The van der Waals surface area contributed by atoms with Crippen LogP contribution < -0.4 is 32.3 Å². The van der Waals surface area contributed by atoms with Crippen molar-refractivity contribution in [2.45, 2.75) is 292 Å². The van der Waals surface area contributed by atoms with Crippen molar-refractivity contribution < 1.29 is 207 Å². The SMILES string of the molecule is CC(=O)N[C@@H]1[C@@H](O[C@@H]2O[C@@H](C)[C@@H](O)[C@@H](O)[C@@H]2O)[C@H](O[C@@H]2O[C@H](CO)[C@@H](O[C@@H]3O[C@H](CO[C@H]4O[C@H](CO)[C@@H](O)[C@H](O)[C@@H]4O[C@@H]4O[C@H](CO)[C@@H](O)[C@H](O)[C@H]4NC(C)=O)[C@@H](O)[C@H](O[C@H]4O[C@H](CO)[C@@H](O)[C@H](O)[C@@H]4O[C@@H]4O[C@H](CO)[C@@H](O)[C@H](O)[C@H]4NC(C)=O)[C@@H]3O)[C@H](O)[C@H]2NC(C)=O)[C@@H](CO)O[C@H]1NC(=O)C[C@H](N)C(=O)O. The van der Waals surface area contributed by atoms with Gasteiger partial charge in [0.15, 0.2) is 50.3 Å². The molecule has 8 aliphatic heterocycles. The molecule has 0 bridgehead atoms. The molecule has 8 rings (SSSR count). The van der Waals surface area contributed by atoms with Gasteiger partial charge in [-0.2, -0.15) is 0 Å². The van der Waals surface area contributed by atoms with Crippen LogP contribution in [0.15, 0.2) is 0 Å². The molecule has 0 spiro atoms. The lowest BCUT2D eigenvalue weighted by atomic mass is 9.92. The maximum atomic E-state index is 13.4. The highest BCUT2D eigenvalue weighted by atomic mass is 16.8. The summed E-state index contributed by atoms with van der Waals surface area (Å²) in [5, 5.41) is 244. The number of aliphatic hydroxyl groups is 20. The summed E-state index contributed by atoms with van der Waals surface area (Å²) in [5.74, 6) is -6.36. The van der Waals surface area contributed by atoms with Crippen molar-refractivity contribution in [3.63, 3.8) is 0 Å². The van der Waals surface area contributed by atoms with Crippen LogP contribution in [0.3, 0.4) is 0 Å². The summed E-state index contributed by atoms with van der Waals surface area (Å²) in [6, 6.07) is -9.16. The van der Waals surface area contributed by atoms with Crippen LogP contribution in [0, 0.1) is 0 Å². The molecule has 0 aromatic heterocycles. The van der Waals surface area contributed by atoms with Crippen LogP contribution in [0.25, 0.3) is 0 Å². The first kappa shape index (κ1) is 88.9. The third-order valence-electron chi connectivity index (χ3n) is 19.3. The lowest BCUT2D eigenvalue weighted by Crippen LogP contribution is -2.73. The average Bonchev–Trinajstić information content (AvgIpc) is 0.768. The van der Waals surface area contributed by atoms with Crippen molar-refractivity contribution in [2.24, 2.45) is 5.73 Å². The van der Waals surface area contributed by atoms with E-state index in [0.29, 0.717) is 0 Å². The summed E-state index contributed by atoms with van der Waals surface area (Å²) >= 11 is 0. The molecule has 622 valence electrons. The Bertz CT molecular complexity index is 2930. The Balaban J connectivity index is 1.17.